The van der Waals surface area contributed by atoms with E-state index in [-0.39, 0.29) is 0 Å². The van der Waals surface area contributed by atoms with Crippen molar-refractivity contribution >= 4 is 46.9 Å². The van der Waals surface area contributed by atoms with Gasteiger partial charge in [0.2, 0.25) is 0 Å². The van der Waals surface area contributed by atoms with Crippen molar-refractivity contribution < 1.29 is 0 Å². The van der Waals surface area contributed by atoms with E-state index in [9.17, 15) is 0 Å². The van der Waals surface area contributed by atoms with Crippen LogP contribution in [0, 0.1) is 6.66 Å². The Morgan fingerprint density at radius 2 is 1.22 bits per heavy atom. The third-order valence-corrected chi connectivity index (χ3v) is 6.84. The summed E-state index contributed by atoms with van der Waals surface area (Å²) in [5.74, 6) is 0. The molecule has 2 heteroatoms. The van der Waals surface area contributed by atoms with Gasteiger partial charge in [0.25, 0.3) is 0 Å². The third-order valence-electron chi connectivity index (χ3n) is 4.39. The topological polar surface area (TPSA) is 0 Å². The van der Waals surface area contributed by atoms with E-state index in [1.54, 1.807) is 0 Å². The normalized spacial score (nSPS) is 14.0. The molecule has 109 valence electrons. The van der Waals surface area contributed by atoms with Gasteiger partial charge < -0.3 is 14.7 Å². The molecule has 0 aliphatic carbocycles. The van der Waals surface area contributed by atoms with Gasteiger partial charge in [-0.3, -0.25) is 0 Å². The Balaban J connectivity index is 2.10. The minimum atomic E-state index is -2.15. The molecule has 4 aromatic rings. The summed E-state index contributed by atoms with van der Waals surface area (Å²) in [5.41, 5.74) is 0. The molecule has 0 aliphatic rings. The molecular weight excluding hydrogens is 294 g/mol. The van der Waals surface area contributed by atoms with Gasteiger partial charge in [0, 0.05) is 16.0 Å². The molecule has 0 bridgehead atoms. The molecule has 4 rings (SSSR count). The second kappa shape index (κ2) is 5.51. The molecule has 3 radical (unpaired) electrons. The summed E-state index contributed by atoms with van der Waals surface area (Å²) in [6, 6.07) is 29.5. The Morgan fingerprint density at radius 3 is 1.96 bits per heavy atom. The molecule has 0 heterocycles. The van der Waals surface area contributed by atoms with Gasteiger partial charge in [-0.2, -0.15) is 0 Å². The number of rotatable bonds is 2. The second-order valence-corrected chi connectivity index (χ2v) is 8.60. The Hall–Kier alpha value is -2.11. The van der Waals surface area contributed by atoms with E-state index in [1.807, 2.05) is 18.2 Å². The standard InChI is InChI=1S/C21H16BP/c1-23(22,17-10-3-2-4-11-17)21-15-16-9-5-6-12-18(16)19-13-7-8-14-20(19)21/h2-15H,1H2/q-1. The zero-order chi connectivity index (χ0) is 15.9. The van der Waals surface area contributed by atoms with Gasteiger partial charge in [0.1, 0.15) is 0 Å². The Kier molecular flexibility index (Phi) is 3.47. The first-order valence-corrected chi connectivity index (χ1v) is 9.71. The second-order valence-electron chi connectivity index (χ2n) is 5.87. The highest BCUT2D eigenvalue weighted by molar-refractivity contribution is 8.09. The van der Waals surface area contributed by atoms with E-state index in [0.717, 1.165) is 10.6 Å². The lowest BCUT2D eigenvalue weighted by molar-refractivity contribution is 1.76. The fourth-order valence-electron chi connectivity index (χ4n) is 3.20. The first kappa shape index (κ1) is 14.5. The van der Waals surface area contributed by atoms with Crippen molar-refractivity contribution in [2.24, 2.45) is 0 Å². The van der Waals surface area contributed by atoms with Crippen LogP contribution in [0.5, 0.6) is 0 Å². The predicted octanol–water partition coefficient (Wildman–Crippen LogP) is 4.84. The van der Waals surface area contributed by atoms with Crippen molar-refractivity contribution in [1.82, 2.24) is 0 Å². The molecule has 1 unspecified atom stereocenters. The summed E-state index contributed by atoms with van der Waals surface area (Å²) in [6.07, 6.45) is 0. The summed E-state index contributed by atoms with van der Waals surface area (Å²) in [6.45, 7) is 4.46. The zero-order valence-electron chi connectivity index (χ0n) is 12.8. The highest BCUT2D eigenvalue weighted by Crippen LogP contribution is 2.51. The minimum Gasteiger partial charge on any atom is -0.334 e. The van der Waals surface area contributed by atoms with E-state index in [2.05, 4.69) is 73.4 Å². The van der Waals surface area contributed by atoms with Crippen LogP contribution in [0.3, 0.4) is 0 Å². The van der Waals surface area contributed by atoms with Crippen LogP contribution in [0.4, 0.5) is 0 Å². The van der Waals surface area contributed by atoms with Crippen LogP contribution in [0.1, 0.15) is 0 Å². The number of hydrogen-bond donors (Lipinski definition) is 0. The lowest BCUT2D eigenvalue weighted by Gasteiger charge is -2.41. The maximum atomic E-state index is 6.82. The molecule has 23 heavy (non-hydrogen) atoms. The molecule has 0 fully saturated rings. The zero-order valence-corrected chi connectivity index (χ0v) is 13.7. The number of benzene rings is 4. The summed E-state index contributed by atoms with van der Waals surface area (Å²) in [5, 5.41) is 7.23. The van der Waals surface area contributed by atoms with Crippen molar-refractivity contribution in [3.05, 3.63) is 91.6 Å². The number of fused-ring (bicyclic) bond motifs is 3. The van der Waals surface area contributed by atoms with Crippen molar-refractivity contribution in [1.29, 1.82) is 0 Å². The lowest BCUT2D eigenvalue weighted by atomic mass is 10.0. The monoisotopic (exact) mass is 310 g/mol. The van der Waals surface area contributed by atoms with E-state index >= 15 is 0 Å². The first-order chi connectivity index (χ1) is 11.2. The van der Waals surface area contributed by atoms with E-state index in [1.165, 1.54) is 21.5 Å². The molecule has 0 amide bonds. The molecule has 0 nitrogen and oxygen atoms in total. The van der Waals surface area contributed by atoms with Crippen molar-refractivity contribution in [3.8, 4) is 0 Å². The lowest BCUT2D eigenvalue weighted by Crippen LogP contribution is -2.20. The smallest absolute Gasteiger partial charge is 0.0275 e. The summed E-state index contributed by atoms with van der Waals surface area (Å²) < 4.78 is 0. The van der Waals surface area contributed by atoms with E-state index < -0.39 is 7.14 Å². The van der Waals surface area contributed by atoms with Gasteiger partial charge in [-0.05, 0) is 34.4 Å². The van der Waals surface area contributed by atoms with Crippen molar-refractivity contribution in [2.45, 2.75) is 0 Å². The molecule has 0 saturated heterocycles. The molecule has 1 atom stereocenters. The van der Waals surface area contributed by atoms with Crippen LogP contribution >= 0.6 is 7.14 Å². The first-order valence-electron chi connectivity index (χ1n) is 7.66. The van der Waals surface area contributed by atoms with Crippen LogP contribution in [0.2, 0.25) is 0 Å². The van der Waals surface area contributed by atoms with E-state index in [4.69, 9.17) is 7.57 Å². The molecule has 0 spiro atoms. The summed E-state index contributed by atoms with van der Waals surface area (Å²) in [7, 11) is 4.67. The van der Waals surface area contributed by atoms with Crippen LogP contribution in [-0.4, -0.2) is 7.57 Å². The minimum absolute atomic E-state index is 1.13. The maximum Gasteiger partial charge on any atom is 0.0275 e. The van der Waals surface area contributed by atoms with Gasteiger partial charge in [-0.15, -0.1) is 0 Å². The van der Waals surface area contributed by atoms with Crippen molar-refractivity contribution in [3.63, 3.8) is 0 Å². The van der Waals surface area contributed by atoms with Crippen LogP contribution < -0.4 is 10.6 Å². The molecule has 4 aromatic carbocycles. The molecule has 0 aliphatic heterocycles. The van der Waals surface area contributed by atoms with Crippen LogP contribution in [0.15, 0.2) is 84.9 Å². The predicted molar refractivity (Wildman–Crippen MR) is 105 cm³/mol. The largest absolute Gasteiger partial charge is 0.334 e. The molecule has 0 N–H and O–H groups in total. The summed E-state index contributed by atoms with van der Waals surface area (Å²) >= 11 is 0. The molecular formula is C21H16BP-. The van der Waals surface area contributed by atoms with Crippen LogP contribution in [-0.2, 0) is 0 Å². The quantitative estimate of drug-likeness (QED) is 0.215. The van der Waals surface area contributed by atoms with Crippen molar-refractivity contribution in [2.75, 3.05) is 0 Å². The Bertz CT molecular complexity index is 990. The van der Waals surface area contributed by atoms with Gasteiger partial charge in [0.05, 0.1) is 0 Å². The Labute approximate surface area is 138 Å². The molecule has 0 aromatic heterocycles. The highest BCUT2D eigenvalue weighted by atomic mass is 31.2. The fourth-order valence-corrected chi connectivity index (χ4v) is 5.17. The van der Waals surface area contributed by atoms with E-state index in [0.29, 0.717) is 0 Å². The van der Waals surface area contributed by atoms with Crippen LogP contribution in [0.25, 0.3) is 21.5 Å². The van der Waals surface area contributed by atoms with Gasteiger partial charge in [-0.25, -0.2) is 6.66 Å². The Morgan fingerprint density at radius 1 is 0.652 bits per heavy atom. The maximum absolute atomic E-state index is 6.82. The van der Waals surface area contributed by atoms with Gasteiger partial charge in [-0.1, -0.05) is 66.7 Å². The summed E-state index contributed by atoms with van der Waals surface area (Å²) in [4.78, 5) is 0. The average molecular weight is 310 g/mol. The van der Waals surface area contributed by atoms with Gasteiger partial charge >= 0.3 is 0 Å². The molecule has 0 saturated carbocycles. The number of hydrogen-bond acceptors (Lipinski definition) is 0. The SMILES string of the molecule is [B-][P+]([CH2-])(c1ccccc1)c1cc2ccccc2c2ccccc12. The fraction of sp³-hybridized carbons (Fsp3) is 0. The van der Waals surface area contributed by atoms with Gasteiger partial charge in [0.15, 0.2) is 0 Å². The third kappa shape index (κ3) is 2.37. The average Bonchev–Trinajstić information content (AvgIpc) is 2.62. The highest BCUT2D eigenvalue weighted by Gasteiger charge is 2.17.